The van der Waals surface area contributed by atoms with E-state index >= 15 is 0 Å². The molecule has 1 fully saturated rings. The average Bonchev–Trinajstić information content (AvgIpc) is 2.83. The quantitative estimate of drug-likeness (QED) is 0.744. The first-order chi connectivity index (χ1) is 9.97. The van der Waals surface area contributed by atoms with Gasteiger partial charge in [0, 0.05) is 19.6 Å². The van der Waals surface area contributed by atoms with Gasteiger partial charge in [0.25, 0.3) is 0 Å². The Morgan fingerprint density at radius 2 is 2.00 bits per heavy atom. The molecule has 1 aliphatic heterocycles. The number of hydrogen-bond donors (Lipinski definition) is 3. The monoisotopic (exact) mass is 293 g/mol. The number of urea groups is 1. The van der Waals surface area contributed by atoms with Gasteiger partial charge in [0.15, 0.2) is 0 Å². The normalized spacial score (nSPS) is 21.8. The van der Waals surface area contributed by atoms with Gasteiger partial charge in [0.1, 0.15) is 5.75 Å². The minimum atomic E-state index is -0.497. The maximum atomic E-state index is 12.0. The summed E-state index contributed by atoms with van der Waals surface area (Å²) in [6.07, 6.45) is 0.210. The van der Waals surface area contributed by atoms with Gasteiger partial charge in [0.2, 0.25) is 0 Å². The standard InChI is InChI=1S/C15H23N3O3/c1-17(2)13-9-18(10-14(13)20)15(21)16-8-7-11-3-5-12(19)6-4-11/h3-6,13-14,19-20H,7-10H2,1-2H3,(H,16,21)/t13-,14-/m0/s1. The van der Waals surface area contributed by atoms with Crippen LogP contribution in [0.25, 0.3) is 0 Å². The van der Waals surface area contributed by atoms with Crippen LogP contribution < -0.4 is 5.32 Å². The topological polar surface area (TPSA) is 76.0 Å². The number of carbonyl (C=O) groups is 1. The van der Waals surface area contributed by atoms with Gasteiger partial charge < -0.3 is 25.3 Å². The summed E-state index contributed by atoms with van der Waals surface area (Å²) in [7, 11) is 3.81. The van der Waals surface area contributed by atoms with Crippen LogP contribution in [0.3, 0.4) is 0 Å². The molecule has 0 spiro atoms. The molecule has 0 aliphatic carbocycles. The molecule has 116 valence electrons. The summed E-state index contributed by atoms with van der Waals surface area (Å²) >= 11 is 0. The van der Waals surface area contributed by atoms with Gasteiger partial charge in [-0.15, -0.1) is 0 Å². The lowest BCUT2D eigenvalue weighted by atomic mass is 10.1. The zero-order valence-electron chi connectivity index (χ0n) is 12.5. The Hall–Kier alpha value is -1.79. The molecule has 1 heterocycles. The number of carbonyl (C=O) groups excluding carboxylic acids is 1. The van der Waals surface area contributed by atoms with E-state index in [1.165, 1.54) is 0 Å². The lowest BCUT2D eigenvalue weighted by Crippen LogP contribution is -2.41. The molecule has 0 saturated carbocycles. The Morgan fingerprint density at radius 3 is 2.57 bits per heavy atom. The third-order valence-corrected chi connectivity index (χ3v) is 3.84. The molecule has 0 bridgehead atoms. The van der Waals surface area contributed by atoms with Crippen LogP contribution >= 0.6 is 0 Å². The van der Waals surface area contributed by atoms with Crippen molar-refractivity contribution in [1.29, 1.82) is 0 Å². The molecule has 3 N–H and O–H groups in total. The minimum absolute atomic E-state index is 0.00662. The Labute approximate surface area is 125 Å². The predicted octanol–water partition coefficient (Wildman–Crippen LogP) is 0.251. The summed E-state index contributed by atoms with van der Waals surface area (Å²) in [5, 5.41) is 22.0. The second kappa shape index (κ2) is 6.78. The highest BCUT2D eigenvalue weighted by molar-refractivity contribution is 5.74. The molecule has 6 heteroatoms. The van der Waals surface area contributed by atoms with Gasteiger partial charge in [-0.2, -0.15) is 0 Å². The van der Waals surface area contributed by atoms with Crippen LogP contribution in [0.5, 0.6) is 5.75 Å². The van der Waals surface area contributed by atoms with Crippen molar-refractivity contribution >= 4 is 6.03 Å². The van der Waals surface area contributed by atoms with Gasteiger partial charge in [-0.3, -0.25) is 0 Å². The molecule has 6 nitrogen and oxygen atoms in total. The lowest BCUT2D eigenvalue weighted by molar-refractivity contribution is 0.113. The van der Waals surface area contributed by atoms with E-state index in [1.807, 2.05) is 31.1 Å². The fraction of sp³-hybridized carbons (Fsp3) is 0.533. The molecule has 1 saturated heterocycles. The summed E-state index contributed by atoms with van der Waals surface area (Å²) in [5.41, 5.74) is 1.06. The van der Waals surface area contributed by atoms with Gasteiger partial charge in [0.05, 0.1) is 12.1 Å². The molecule has 1 aliphatic rings. The number of aromatic hydroxyl groups is 1. The lowest BCUT2D eigenvalue weighted by Gasteiger charge is -2.21. The van der Waals surface area contributed by atoms with Crippen molar-refractivity contribution in [2.24, 2.45) is 0 Å². The fourth-order valence-corrected chi connectivity index (χ4v) is 2.53. The zero-order chi connectivity index (χ0) is 15.4. The van der Waals surface area contributed by atoms with E-state index in [-0.39, 0.29) is 17.8 Å². The number of benzene rings is 1. The number of aliphatic hydroxyl groups is 1. The molecule has 21 heavy (non-hydrogen) atoms. The van der Waals surface area contributed by atoms with Crippen molar-refractivity contribution in [3.8, 4) is 5.75 Å². The summed E-state index contributed by atoms with van der Waals surface area (Å²) in [6.45, 7) is 1.44. The molecule has 2 amide bonds. The Balaban J connectivity index is 1.76. The maximum absolute atomic E-state index is 12.0. The Bertz CT molecular complexity index is 476. The number of rotatable bonds is 4. The Morgan fingerprint density at radius 1 is 1.33 bits per heavy atom. The largest absolute Gasteiger partial charge is 0.508 e. The fourth-order valence-electron chi connectivity index (χ4n) is 2.53. The van der Waals surface area contributed by atoms with Crippen molar-refractivity contribution in [1.82, 2.24) is 15.1 Å². The van der Waals surface area contributed by atoms with Crippen LogP contribution in [-0.2, 0) is 6.42 Å². The van der Waals surface area contributed by atoms with Crippen molar-refractivity contribution in [2.45, 2.75) is 18.6 Å². The van der Waals surface area contributed by atoms with E-state index in [2.05, 4.69) is 5.32 Å². The van der Waals surface area contributed by atoms with Crippen molar-refractivity contribution in [2.75, 3.05) is 33.7 Å². The highest BCUT2D eigenvalue weighted by Gasteiger charge is 2.34. The van der Waals surface area contributed by atoms with Gasteiger partial charge in [-0.25, -0.2) is 4.79 Å². The van der Waals surface area contributed by atoms with Crippen molar-refractivity contribution < 1.29 is 15.0 Å². The molecule has 2 atom stereocenters. The number of aliphatic hydroxyl groups excluding tert-OH is 1. The first-order valence-electron chi connectivity index (χ1n) is 7.12. The van der Waals surface area contributed by atoms with Gasteiger partial charge in [-0.1, -0.05) is 12.1 Å². The molecule has 0 aromatic heterocycles. The van der Waals surface area contributed by atoms with Crippen LogP contribution in [0, 0.1) is 0 Å². The maximum Gasteiger partial charge on any atom is 0.317 e. The molecule has 0 radical (unpaired) electrons. The number of likely N-dealkylation sites (N-methyl/N-ethyl adjacent to an activating group) is 1. The molecule has 2 rings (SSSR count). The summed E-state index contributed by atoms with van der Waals surface area (Å²) in [5.74, 6) is 0.239. The van der Waals surface area contributed by atoms with Crippen LogP contribution in [0.1, 0.15) is 5.56 Å². The minimum Gasteiger partial charge on any atom is -0.508 e. The molecule has 0 unspecified atom stereocenters. The molecule has 1 aromatic rings. The van der Waals surface area contributed by atoms with E-state index in [9.17, 15) is 15.0 Å². The first kappa shape index (κ1) is 15.6. The smallest absolute Gasteiger partial charge is 0.317 e. The first-order valence-corrected chi connectivity index (χ1v) is 7.12. The van der Waals surface area contributed by atoms with Crippen LogP contribution in [0.4, 0.5) is 4.79 Å². The number of phenolic OH excluding ortho intramolecular Hbond substituents is 1. The third kappa shape index (κ3) is 4.09. The van der Waals surface area contributed by atoms with Crippen LogP contribution in [0.2, 0.25) is 0 Å². The third-order valence-electron chi connectivity index (χ3n) is 3.84. The number of amides is 2. The SMILES string of the molecule is CN(C)[C@H]1CN(C(=O)NCCc2ccc(O)cc2)C[C@@H]1O. The molecular weight excluding hydrogens is 270 g/mol. The second-order valence-corrected chi connectivity index (χ2v) is 5.65. The van der Waals surface area contributed by atoms with Crippen LogP contribution in [-0.4, -0.2) is 71.9 Å². The number of hydrogen-bond acceptors (Lipinski definition) is 4. The van der Waals surface area contributed by atoms with E-state index in [0.29, 0.717) is 26.1 Å². The van der Waals surface area contributed by atoms with Crippen LogP contribution in [0.15, 0.2) is 24.3 Å². The second-order valence-electron chi connectivity index (χ2n) is 5.65. The van der Waals surface area contributed by atoms with Gasteiger partial charge in [-0.05, 0) is 38.2 Å². The molecular formula is C15H23N3O3. The number of likely N-dealkylation sites (tertiary alicyclic amines) is 1. The summed E-state index contributed by atoms with van der Waals surface area (Å²) in [4.78, 5) is 15.6. The highest BCUT2D eigenvalue weighted by atomic mass is 16.3. The highest BCUT2D eigenvalue weighted by Crippen LogP contribution is 2.14. The number of nitrogens with zero attached hydrogens (tertiary/aromatic N) is 2. The summed E-state index contributed by atoms with van der Waals surface area (Å²) < 4.78 is 0. The van der Waals surface area contributed by atoms with Gasteiger partial charge >= 0.3 is 6.03 Å². The molecule has 1 aromatic carbocycles. The predicted molar refractivity (Wildman–Crippen MR) is 80.3 cm³/mol. The summed E-state index contributed by atoms with van der Waals surface area (Å²) in [6, 6.07) is 6.79. The number of phenols is 1. The van der Waals surface area contributed by atoms with Crippen molar-refractivity contribution in [3.63, 3.8) is 0 Å². The number of nitrogens with one attached hydrogen (secondary N) is 1. The zero-order valence-corrected chi connectivity index (χ0v) is 12.5. The Kier molecular flexibility index (Phi) is 5.03. The number of β-amino-alcohol motifs (C(OH)–C–C–N with tert-alkyl or cyclic N) is 1. The average molecular weight is 293 g/mol. The van der Waals surface area contributed by atoms with E-state index in [4.69, 9.17) is 0 Å². The van der Waals surface area contributed by atoms with E-state index in [0.717, 1.165) is 5.56 Å². The van der Waals surface area contributed by atoms with E-state index < -0.39 is 6.10 Å². The van der Waals surface area contributed by atoms with E-state index in [1.54, 1.807) is 17.0 Å². The van der Waals surface area contributed by atoms with Crippen molar-refractivity contribution in [3.05, 3.63) is 29.8 Å².